The highest BCUT2D eigenvalue weighted by Gasteiger charge is 1.96. The molecule has 1 rings (SSSR count). The van der Waals surface area contributed by atoms with E-state index in [1.165, 1.54) is 10.0 Å². The minimum atomic E-state index is 1.04. The Hall–Kier alpha value is -0.340. The first-order valence-electron chi connectivity index (χ1n) is 3.36. The third kappa shape index (κ3) is 1.82. The summed E-state index contributed by atoms with van der Waals surface area (Å²) in [6.07, 6.45) is 0. The quantitative estimate of drug-likeness (QED) is 0.738. The van der Waals surface area contributed by atoms with Crippen LogP contribution < -0.4 is 5.32 Å². The highest BCUT2D eigenvalue weighted by Crippen LogP contribution is 2.13. The first-order chi connectivity index (χ1) is 4.84. The average molecular weight is 201 g/mol. The van der Waals surface area contributed by atoms with E-state index in [-0.39, 0.29) is 0 Å². The molecule has 1 nitrogen and oxygen atoms in total. The standard InChI is InChI=1S/C8H10BrN/c1-10-6-7-4-2-3-5-8(7)9/h2-5,10H,6H2,1H3/p+1. The Morgan fingerprint density at radius 3 is 2.70 bits per heavy atom. The van der Waals surface area contributed by atoms with Crippen LogP contribution in [0.25, 0.3) is 0 Å². The van der Waals surface area contributed by atoms with Crippen LogP contribution in [0.15, 0.2) is 28.7 Å². The van der Waals surface area contributed by atoms with E-state index >= 15 is 0 Å². The predicted molar refractivity (Wildman–Crippen MR) is 45.7 cm³/mol. The molecule has 0 heterocycles. The molecule has 0 aliphatic rings. The minimum absolute atomic E-state index is 1.04. The summed E-state index contributed by atoms with van der Waals surface area (Å²) in [7, 11) is 2.07. The molecule has 0 aliphatic carbocycles. The van der Waals surface area contributed by atoms with E-state index in [1.54, 1.807) is 0 Å². The summed E-state index contributed by atoms with van der Waals surface area (Å²) in [4.78, 5) is 0. The fraction of sp³-hybridized carbons (Fsp3) is 0.250. The molecule has 0 radical (unpaired) electrons. The van der Waals surface area contributed by atoms with Gasteiger partial charge in [-0.1, -0.05) is 34.1 Å². The van der Waals surface area contributed by atoms with Gasteiger partial charge in [0.2, 0.25) is 0 Å². The SMILES string of the molecule is C[NH2+]Cc1ccccc1Br. The molecule has 0 amide bonds. The largest absolute Gasteiger partial charge is 0.345 e. The van der Waals surface area contributed by atoms with Crippen molar-refractivity contribution in [2.45, 2.75) is 6.54 Å². The summed E-state index contributed by atoms with van der Waals surface area (Å²) in [6, 6.07) is 8.29. The smallest absolute Gasteiger partial charge is 0.102 e. The van der Waals surface area contributed by atoms with E-state index in [0.29, 0.717) is 0 Å². The topological polar surface area (TPSA) is 16.6 Å². The lowest BCUT2D eigenvalue weighted by Crippen LogP contribution is -2.77. The van der Waals surface area contributed by atoms with Gasteiger partial charge in [-0.15, -0.1) is 0 Å². The van der Waals surface area contributed by atoms with E-state index in [2.05, 4.69) is 46.5 Å². The zero-order valence-corrected chi connectivity index (χ0v) is 7.56. The van der Waals surface area contributed by atoms with Crippen LogP contribution in [0.2, 0.25) is 0 Å². The molecule has 10 heavy (non-hydrogen) atoms. The van der Waals surface area contributed by atoms with Gasteiger partial charge in [0, 0.05) is 10.0 Å². The summed E-state index contributed by atoms with van der Waals surface area (Å²) in [5.41, 5.74) is 1.35. The van der Waals surface area contributed by atoms with Gasteiger partial charge in [0.25, 0.3) is 0 Å². The van der Waals surface area contributed by atoms with Crippen molar-refractivity contribution in [2.24, 2.45) is 0 Å². The van der Waals surface area contributed by atoms with Crippen LogP contribution in [0, 0.1) is 0 Å². The van der Waals surface area contributed by atoms with Crippen LogP contribution in [0.3, 0.4) is 0 Å². The average Bonchev–Trinajstić information content (AvgIpc) is 1.94. The van der Waals surface area contributed by atoms with E-state index in [4.69, 9.17) is 0 Å². The second-order valence-corrected chi connectivity index (χ2v) is 3.06. The summed E-state index contributed by atoms with van der Waals surface area (Å²) < 4.78 is 1.20. The van der Waals surface area contributed by atoms with Crippen molar-refractivity contribution < 1.29 is 5.32 Å². The maximum absolute atomic E-state index is 3.48. The second-order valence-electron chi connectivity index (χ2n) is 2.20. The molecule has 0 aromatic heterocycles. The number of rotatable bonds is 2. The molecule has 0 saturated carbocycles. The molecular weight excluding hydrogens is 190 g/mol. The molecule has 2 N–H and O–H groups in total. The van der Waals surface area contributed by atoms with Crippen molar-refractivity contribution in [1.82, 2.24) is 0 Å². The molecule has 0 bridgehead atoms. The number of quaternary nitrogens is 1. The number of halogens is 1. The molecule has 0 spiro atoms. The summed E-state index contributed by atoms with van der Waals surface area (Å²) >= 11 is 3.48. The van der Waals surface area contributed by atoms with Crippen LogP contribution in [-0.2, 0) is 6.54 Å². The summed E-state index contributed by atoms with van der Waals surface area (Å²) in [5.74, 6) is 0. The minimum Gasteiger partial charge on any atom is -0.345 e. The van der Waals surface area contributed by atoms with Crippen molar-refractivity contribution >= 4 is 15.9 Å². The summed E-state index contributed by atoms with van der Waals surface area (Å²) in [6.45, 7) is 1.04. The Bertz CT molecular complexity index is 210. The molecule has 1 aromatic rings. The van der Waals surface area contributed by atoms with E-state index in [0.717, 1.165) is 6.54 Å². The number of nitrogens with two attached hydrogens (primary N) is 1. The van der Waals surface area contributed by atoms with Gasteiger partial charge < -0.3 is 5.32 Å². The Balaban J connectivity index is 2.81. The van der Waals surface area contributed by atoms with Gasteiger partial charge in [-0.3, -0.25) is 0 Å². The normalized spacial score (nSPS) is 9.80. The maximum atomic E-state index is 3.48. The Morgan fingerprint density at radius 1 is 1.40 bits per heavy atom. The van der Waals surface area contributed by atoms with Crippen molar-refractivity contribution in [3.05, 3.63) is 34.3 Å². The van der Waals surface area contributed by atoms with Crippen molar-refractivity contribution in [3.8, 4) is 0 Å². The first-order valence-corrected chi connectivity index (χ1v) is 4.15. The molecular formula is C8H11BrN+. The van der Waals surface area contributed by atoms with Gasteiger partial charge in [-0.05, 0) is 6.07 Å². The van der Waals surface area contributed by atoms with Gasteiger partial charge >= 0.3 is 0 Å². The lowest BCUT2D eigenvalue weighted by molar-refractivity contribution is -0.643. The third-order valence-electron chi connectivity index (χ3n) is 1.38. The fourth-order valence-corrected chi connectivity index (χ4v) is 1.33. The van der Waals surface area contributed by atoms with Gasteiger partial charge in [-0.2, -0.15) is 0 Å². The van der Waals surface area contributed by atoms with Crippen molar-refractivity contribution in [2.75, 3.05) is 7.05 Å². The van der Waals surface area contributed by atoms with Crippen LogP contribution in [0.4, 0.5) is 0 Å². The van der Waals surface area contributed by atoms with Crippen LogP contribution in [0.1, 0.15) is 5.56 Å². The van der Waals surface area contributed by atoms with Gasteiger partial charge in [0.15, 0.2) is 0 Å². The van der Waals surface area contributed by atoms with Crippen LogP contribution >= 0.6 is 15.9 Å². The highest BCUT2D eigenvalue weighted by molar-refractivity contribution is 9.10. The zero-order valence-electron chi connectivity index (χ0n) is 5.97. The first kappa shape index (κ1) is 7.76. The Kier molecular flexibility index (Phi) is 2.90. The Labute approximate surface area is 69.6 Å². The zero-order chi connectivity index (χ0) is 7.40. The fourth-order valence-electron chi connectivity index (χ4n) is 0.884. The molecule has 0 unspecified atom stereocenters. The number of hydrogen-bond donors (Lipinski definition) is 1. The van der Waals surface area contributed by atoms with Crippen LogP contribution in [-0.4, -0.2) is 7.05 Å². The molecule has 1 aromatic carbocycles. The van der Waals surface area contributed by atoms with E-state index in [9.17, 15) is 0 Å². The highest BCUT2D eigenvalue weighted by atomic mass is 79.9. The number of benzene rings is 1. The molecule has 2 heteroatoms. The van der Waals surface area contributed by atoms with Crippen molar-refractivity contribution in [1.29, 1.82) is 0 Å². The number of hydrogen-bond acceptors (Lipinski definition) is 0. The molecule has 54 valence electrons. The molecule has 0 saturated heterocycles. The summed E-state index contributed by atoms with van der Waals surface area (Å²) in [5, 5.41) is 2.15. The molecule has 0 fully saturated rings. The monoisotopic (exact) mass is 200 g/mol. The lowest BCUT2D eigenvalue weighted by Gasteiger charge is -1.98. The predicted octanol–water partition coefficient (Wildman–Crippen LogP) is 1.14. The van der Waals surface area contributed by atoms with E-state index in [1.807, 2.05) is 6.07 Å². The van der Waals surface area contributed by atoms with Gasteiger partial charge in [0.05, 0.1) is 7.05 Å². The Morgan fingerprint density at radius 2 is 2.10 bits per heavy atom. The maximum Gasteiger partial charge on any atom is 0.102 e. The van der Waals surface area contributed by atoms with E-state index < -0.39 is 0 Å². The molecule has 0 aliphatic heterocycles. The van der Waals surface area contributed by atoms with Crippen LogP contribution in [0.5, 0.6) is 0 Å². The van der Waals surface area contributed by atoms with Crippen molar-refractivity contribution in [3.63, 3.8) is 0 Å². The second kappa shape index (κ2) is 3.74. The van der Waals surface area contributed by atoms with Gasteiger partial charge in [0.1, 0.15) is 6.54 Å². The molecule has 0 atom stereocenters. The third-order valence-corrected chi connectivity index (χ3v) is 2.16. The van der Waals surface area contributed by atoms with Gasteiger partial charge in [-0.25, -0.2) is 0 Å². The lowest BCUT2D eigenvalue weighted by atomic mass is 10.2.